The minimum absolute atomic E-state index is 0.114. The Labute approximate surface area is 234 Å². The van der Waals surface area contributed by atoms with Gasteiger partial charge in [0.2, 0.25) is 5.91 Å². The topological polar surface area (TPSA) is 111 Å². The Kier molecular flexibility index (Phi) is 7.41. The van der Waals surface area contributed by atoms with E-state index < -0.39 is 10.2 Å². The zero-order chi connectivity index (χ0) is 27.1. The number of carbonyl (C=O) groups is 2. The Hall–Kier alpha value is -2.50. The first-order chi connectivity index (χ1) is 18.8. The number of nitrogens with one attached hydrogen (secondary N) is 3. The highest BCUT2D eigenvalue weighted by Gasteiger charge is 2.49. The van der Waals surface area contributed by atoms with Crippen LogP contribution in [-0.4, -0.2) is 66.1 Å². The van der Waals surface area contributed by atoms with Crippen molar-refractivity contribution in [2.24, 2.45) is 0 Å². The Morgan fingerprint density at radius 1 is 1.00 bits per heavy atom. The van der Waals surface area contributed by atoms with Crippen LogP contribution in [0, 0.1) is 0 Å². The van der Waals surface area contributed by atoms with Crippen LogP contribution in [0.15, 0.2) is 42.5 Å². The van der Waals surface area contributed by atoms with Crippen molar-refractivity contribution >= 4 is 39.3 Å². The first-order valence-corrected chi connectivity index (χ1v) is 15.5. The molecule has 0 radical (unpaired) electrons. The fraction of sp³-hybridized carbons (Fsp3) is 0.500. The van der Waals surface area contributed by atoms with Crippen molar-refractivity contribution < 1.29 is 18.0 Å². The first-order valence-electron chi connectivity index (χ1n) is 13.8. The summed E-state index contributed by atoms with van der Waals surface area (Å²) in [5, 5.41) is 9.70. The van der Waals surface area contributed by atoms with Crippen LogP contribution in [0.25, 0.3) is 0 Å². The molecule has 2 aromatic rings. The Bertz CT molecular complexity index is 1350. The summed E-state index contributed by atoms with van der Waals surface area (Å²) in [6.07, 6.45) is 4.58. The van der Waals surface area contributed by atoms with Gasteiger partial charge in [-0.15, -0.1) is 0 Å². The summed E-state index contributed by atoms with van der Waals surface area (Å²) < 4.78 is 30.8. The number of carbonyl (C=O) groups excluding carboxylic acids is 2. The lowest BCUT2D eigenvalue weighted by atomic mass is 9.99. The van der Waals surface area contributed by atoms with E-state index in [4.69, 9.17) is 11.6 Å². The Balaban J connectivity index is 1.05. The second kappa shape index (κ2) is 10.8. The minimum atomic E-state index is -3.57. The van der Waals surface area contributed by atoms with Crippen LogP contribution in [0.1, 0.15) is 60.0 Å². The maximum absolute atomic E-state index is 13.7. The molecule has 3 fully saturated rings. The van der Waals surface area contributed by atoms with Crippen LogP contribution < -0.4 is 16.0 Å². The van der Waals surface area contributed by atoms with Gasteiger partial charge in [-0.3, -0.25) is 9.59 Å². The molecule has 9 nitrogen and oxygen atoms in total. The maximum atomic E-state index is 13.7. The Morgan fingerprint density at radius 3 is 2.38 bits per heavy atom. The molecule has 4 aliphatic rings. The van der Waals surface area contributed by atoms with Crippen molar-refractivity contribution in [3.8, 4) is 0 Å². The van der Waals surface area contributed by atoms with Gasteiger partial charge in [-0.2, -0.15) is 17.0 Å². The number of rotatable bonds is 7. The number of anilines is 1. The van der Waals surface area contributed by atoms with Crippen molar-refractivity contribution in [2.75, 3.05) is 18.4 Å². The molecule has 2 aromatic carbocycles. The molecule has 0 saturated carbocycles. The monoisotopic (exact) mass is 571 g/mol. The summed E-state index contributed by atoms with van der Waals surface area (Å²) in [6, 6.07) is 13.5. The van der Waals surface area contributed by atoms with Gasteiger partial charge in [-0.25, -0.2) is 0 Å². The molecular formula is C28H34ClN5O4S. The molecule has 6 rings (SSSR count). The quantitative estimate of drug-likeness (QED) is 0.473. The second-order valence-corrected chi connectivity index (χ2v) is 13.4. The van der Waals surface area contributed by atoms with Crippen LogP contribution in [0.3, 0.4) is 0 Å². The molecule has 4 heterocycles. The van der Waals surface area contributed by atoms with Gasteiger partial charge in [0.1, 0.15) is 0 Å². The van der Waals surface area contributed by atoms with Crippen LogP contribution in [0.5, 0.6) is 0 Å². The predicted octanol–water partition coefficient (Wildman–Crippen LogP) is 3.06. The van der Waals surface area contributed by atoms with E-state index in [-0.39, 0.29) is 41.4 Å². The van der Waals surface area contributed by atoms with Crippen molar-refractivity contribution in [2.45, 2.75) is 75.7 Å². The number of nitrogens with zero attached hydrogens (tertiary/aromatic N) is 2. The average Bonchev–Trinajstić information content (AvgIpc) is 3.43. The highest BCUT2D eigenvalue weighted by Crippen LogP contribution is 2.39. The number of halogens is 1. The molecule has 11 heteroatoms. The van der Waals surface area contributed by atoms with Crippen molar-refractivity contribution in [1.82, 2.24) is 19.2 Å². The van der Waals surface area contributed by atoms with Gasteiger partial charge in [0.25, 0.3) is 16.1 Å². The molecule has 3 N–H and O–H groups in total. The van der Waals surface area contributed by atoms with E-state index in [0.29, 0.717) is 43.2 Å². The molecule has 3 saturated heterocycles. The Morgan fingerprint density at radius 2 is 1.69 bits per heavy atom. The number of benzene rings is 2. The highest BCUT2D eigenvalue weighted by molar-refractivity contribution is 7.86. The first kappa shape index (κ1) is 26.7. The smallest absolute Gasteiger partial charge is 0.282 e. The molecule has 2 bridgehead atoms. The number of hydrogen-bond donors (Lipinski definition) is 3. The predicted molar refractivity (Wildman–Crippen MR) is 150 cm³/mol. The summed E-state index contributed by atoms with van der Waals surface area (Å²) >= 11 is 6.36. The fourth-order valence-electron chi connectivity index (χ4n) is 6.60. The summed E-state index contributed by atoms with van der Waals surface area (Å²) in [5.74, 6) is -0.399. The SMILES string of the molecule is O=C1Cc2cc(C(=O)N[C@@H]3C[C@H]4CC[C@@H](C3)N4S(=O)(=O)N3CCC(NCc4ccccc4)CC3)c(Cl)cc2N1. The molecule has 0 aliphatic carbocycles. The van der Waals surface area contributed by atoms with Gasteiger partial charge in [0.05, 0.1) is 17.0 Å². The van der Waals surface area contributed by atoms with Crippen LogP contribution in [0.4, 0.5) is 5.69 Å². The minimum Gasteiger partial charge on any atom is -0.349 e. The third-order valence-electron chi connectivity index (χ3n) is 8.55. The zero-order valence-electron chi connectivity index (χ0n) is 21.7. The fourth-order valence-corrected chi connectivity index (χ4v) is 8.92. The summed E-state index contributed by atoms with van der Waals surface area (Å²) in [7, 11) is -3.57. The van der Waals surface area contributed by atoms with Crippen LogP contribution >= 0.6 is 11.6 Å². The summed E-state index contributed by atoms with van der Waals surface area (Å²) in [5.41, 5.74) is 2.98. The van der Waals surface area contributed by atoms with Crippen molar-refractivity contribution in [3.05, 3.63) is 64.2 Å². The van der Waals surface area contributed by atoms with E-state index in [1.165, 1.54) is 5.56 Å². The summed E-state index contributed by atoms with van der Waals surface area (Å²) in [4.78, 5) is 24.8. The van der Waals surface area contributed by atoms with Crippen LogP contribution in [-0.2, 0) is 28.0 Å². The lowest BCUT2D eigenvalue weighted by Gasteiger charge is -2.42. The van der Waals surface area contributed by atoms with Crippen molar-refractivity contribution in [3.63, 3.8) is 0 Å². The van der Waals surface area contributed by atoms with E-state index in [1.807, 2.05) is 18.2 Å². The van der Waals surface area contributed by atoms with E-state index in [1.54, 1.807) is 20.7 Å². The van der Waals surface area contributed by atoms with Crippen LogP contribution in [0.2, 0.25) is 5.02 Å². The molecule has 39 heavy (non-hydrogen) atoms. The molecule has 0 spiro atoms. The van der Waals surface area contributed by atoms with E-state index in [9.17, 15) is 18.0 Å². The lowest BCUT2D eigenvalue weighted by Crippen LogP contribution is -2.57. The average molecular weight is 572 g/mol. The van der Waals surface area contributed by atoms with Gasteiger partial charge in [-0.1, -0.05) is 41.9 Å². The number of hydrogen-bond acceptors (Lipinski definition) is 5. The van der Waals surface area contributed by atoms with Gasteiger partial charge in [0, 0.05) is 49.5 Å². The molecule has 2 amide bonds. The maximum Gasteiger partial charge on any atom is 0.282 e. The molecule has 3 atom stereocenters. The third-order valence-corrected chi connectivity index (χ3v) is 11.0. The molecule has 4 aliphatic heterocycles. The molecule has 208 valence electrons. The van der Waals surface area contributed by atoms with Gasteiger partial charge < -0.3 is 16.0 Å². The number of piperidine rings is 2. The van der Waals surface area contributed by atoms with E-state index in [2.05, 4.69) is 28.1 Å². The van der Waals surface area contributed by atoms with Crippen molar-refractivity contribution in [1.29, 1.82) is 0 Å². The van der Waals surface area contributed by atoms with Gasteiger partial charge >= 0.3 is 0 Å². The molecule has 0 aromatic heterocycles. The van der Waals surface area contributed by atoms with E-state index in [0.717, 1.165) is 37.8 Å². The number of fused-ring (bicyclic) bond motifs is 3. The lowest BCUT2D eigenvalue weighted by molar-refractivity contribution is -0.115. The number of amides is 2. The van der Waals surface area contributed by atoms with Gasteiger partial charge in [-0.05, 0) is 61.8 Å². The summed E-state index contributed by atoms with van der Waals surface area (Å²) in [6.45, 7) is 1.81. The third kappa shape index (κ3) is 5.45. The molecular weight excluding hydrogens is 538 g/mol. The standard InChI is InChI=1S/C28H34ClN5O4S/c29-25-16-26-19(13-27(35)32-26)12-24(25)28(36)31-21-14-22-6-7-23(15-21)34(22)39(37,38)33-10-8-20(9-11-33)30-17-18-4-2-1-3-5-18/h1-5,12,16,20-23,30H,6-11,13-15,17H2,(H,31,36)(H,32,35)/t21-,22-,23+. The zero-order valence-corrected chi connectivity index (χ0v) is 23.3. The molecule has 0 unspecified atom stereocenters. The normalized spacial score (nSPS) is 25.9. The highest BCUT2D eigenvalue weighted by atomic mass is 35.5. The second-order valence-electron chi connectivity index (χ2n) is 11.1. The van der Waals surface area contributed by atoms with E-state index >= 15 is 0 Å². The largest absolute Gasteiger partial charge is 0.349 e. The van der Waals surface area contributed by atoms with Gasteiger partial charge in [0.15, 0.2) is 0 Å².